The largest absolute Gasteiger partial charge is 1.00 e. The van der Waals surface area contributed by atoms with Gasteiger partial charge in [-0.3, -0.25) is 14.6 Å². The highest BCUT2D eigenvalue weighted by Crippen LogP contribution is 2.56. The molecule has 1 aliphatic rings. The van der Waals surface area contributed by atoms with E-state index in [1.807, 2.05) is 11.5 Å². The van der Waals surface area contributed by atoms with Crippen molar-refractivity contribution in [1.82, 2.24) is 14.5 Å². The molecular formula is C40H43IN3O2P. The molecule has 0 fully saturated rings. The average Bonchev–Trinajstić information content (AvgIpc) is 3.45. The number of aryl methyl sites for hydroxylation is 1. The molecule has 0 atom stereocenters. The number of halogens is 1. The highest BCUT2D eigenvalue weighted by atomic mass is 127. The van der Waals surface area contributed by atoms with Crippen molar-refractivity contribution < 1.29 is 33.6 Å². The Morgan fingerprint density at radius 2 is 1.06 bits per heavy atom. The Labute approximate surface area is 296 Å². The molecule has 0 unspecified atom stereocenters. The van der Waals surface area contributed by atoms with E-state index in [0.29, 0.717) is 17.8 Å². The summed E-state index contributed by atoms with van der Waals surface area (Å²) >= 11 is 0. The van der Waals surface area contributed by atoms with Gasteiger partial charge in [0, 0.05) is 12.7 Å². The normalized spacial score (nSPS) is 12.4. The number of ketones is 2. The summed E-state index contributed by atoms with van der Waals surface area (Å²) in [6.45, 7) is 2.58. The molecule has 0 saturated carbocycles. The SMILES string of the molecule is Cc1nc2c(n1CCCCCCCCCCC[P+](c1ccccc1)(c1ccccc1)c1ccccc1)C(=O)c1cccnc1C2=O.[I-]. The Hall–Kier alpha value is -3.48. The molecule has 7 heteroatoms. The van der Waals surface area contributed by atoms with E-state index in [2.05, 4.69) is 101 Å². The van der Waals surface area contributed by atoms with Gasteiger partial charge in [0.05, 0.1) is 11.7 Å². The van der Waals surface area contributed by atoms with Crippen LogP contribution in [-0.2, 0) is 6.54 Å². The van der Waals surface area contributed by atoms with E-state index in [1.165, 1.54) is 67.0 Å². The second-order valence-corrected chi connectivity index (χ2v) is 15.9. The number of nitrogens with zero attached hydrogens (tertiary/aromatic N) is 3. The highest BCUT2D eigenvalue weighted by Gasteiger charge is 2.44. The summed E-state index contributed by atoms with van der Waals surface area (Å²) in [7, 11) is -1.73. The van der Waals surface area contributed by atoms with Crippen LogP contribution >= 0.6 is 7.26 Å². The van der Waals surface area contributed by atoms with Crippen molar-refractivity contribution in [2.45, 2.75) is 71.3 Å². The summed E-state index contributed by atoms with van der Waals surface area (Å²) in [5.74, 6) is 0.326. The van der Waals surface area contributed by atoms with Crippen molar-refractivity contribution in [3.63, 3.8) is 0 Å². The molecule has 2 heterocycles. The molecule has 0 N–H and O–H groups in total. The van der Waals surface area contributed by atoms with Gasteiger partial charge in [0.1, 0.15) is 46.1 Å². The number of carbonyl (C=O) groups is 2. The minimum absolute atomic E-state index is 0. The number of benzene rings is 3. The second kappa shape index (κ2) is 16.6. The third-order valence-electron chi connectivity index (χ3n) is 9.32. The van der Waals surface area contributed by atoms with E-state index in [-0.39, 0.29) is 46.9 Å². The standard InChI is InChI=1S/C40H43N3O2P.HI/c1-31-42-37-38(39(44)35-27-20-28-41-36(35)40(37)45)43(31)29-18-7-5-3-2-4-6-8-19-30-46(32-21-12-9-13-22-32,33-23-14-10-15-24-33)34-25-16-11-17-26-34;/h9-17,20-28H,2-8,18-19,29-30H2,1H3;1H/q+1;/p-1. The Bertz CT molecular complexity index is 1680. The molecule has 6 rings (SSSR count). The first-order valence-corrected chi connectivity index (χ1v) is 18.7. The van der Waals surface area contributed by atoms with Crippen LogP contribution < -0.4 is 39.9 Å². The van der Waals surface area contributed by atoms with Crippen LogP contribution in [0.1, 0.15) is 95.8 Å². The third-order valence-corrected chi connectivity index (χ3v) is 13.8. The molecule has 0 saturated heterocycles. The van der Waals surface area contributed by atoms with E-state index in [0.717, 1.165) is 18.7 Å². The average molecular weight is 756 g/mol. The minimum atomic E-state index is -1.73. The van der Waals surface area contributed by atoms with Gasteiger partial charge in [0.25, 0.3) is 0 Å². The van der Waals surface area contributed by atoms with Crippen molar-refractivity contribution in [2.24, 2.45) is 0 Å². The molecule has 5 nitrogen and oxygen atoms in total. The van der Waals surface area contributed by atoms with Gasteiger partial charge < -0.3 is 28.5 Å². The van der Waals surface area contributed by atoms with Gasteiger partial charge in [-0.05, 0) is 74.7 Å². The number of aromatic nitrogens is 3. The number of hydrogen-bond donors (Lipinski definition) is 0. The third kappa shape index (κ3) is 7.49. The summed E-state index contributed by atoms with van der Waals surface area (Å²) in [4.78, 5) is 34.7. The molecule has 1 aliphatic carbocycles. The second-order valence-electron chi connectivity index (χ2n) is 12.3. The summed E-state index contributed by atoms with van der Waals surface area (Å²) in [5, 5.41) is 4.41. The topological polar surface area (TPSA) is 64.8 Å². The first-order valence-electron chi connectivity index (χ1n) is 16.8. The number of hydrogen-bond acceptors (Lipinski definition) is 4. The number of imidazole rings is 1. The number of carbonyl (C=O) groups excluding carboxylic acids is 2. The summed E-state index contributed by atoms with van der Waals surface area (Å²) < 4.78 is 1.94. The van der Waals surface area contributed by atoms with Gasteiger partial charge in [-0.15, -0.1) is 0 Å². The summed E-state index contributed by atoms with van der Waals surface area (Å²) in [6.07, 6.45) is 13.5. The molecule has 0 radical (unpaired) electrons. The van der Waals surface area contributed by atoms with Crippen LogP contribution in [-0.4, -0.2) is 32.3 Å². The maximum Gasteiger partial charge on any atom is 0.232 e. The van der Waals surface area contributed by atoms with Gasteiger partial charge in [0.2, 0.25) is 11.6 Å². The van der Waals surface area contributed by atoms with Gasteiger partial charge in [-0.1, -0.05) is 93.1 Å². The zero-order valence-electron chi connectivity index (χ0n) is 27.2. The fourth-order valence-corrected chi connectivity index (χ4v) is 11.4. The van der Waals surface area contributed by atoms with E-state index < -0.39 is 7.26 Å². The lowest BCUT2D eigenvalue weighted by Crippen LogP contribution is -3.00. The first-order chi connectivity index (χ1) is 22.6. The van der Waals surface area contributed by atoms with Crippen molar-refractivity contribution in [2.75, 3.05) is 6.16 Å². The molecule has 0 aliphatic heterocycles. The van der Waals surface area contributed by atoms with Crippen LogP contribution in [0, 0.1) is 6.92 Å². The number of unbranched alkanes of at least 4 members (excludes halogenated alkanes) is 8. The Morgan fingerprint density at radius 1 is 0.574 bits per heavy atom. The van der Waals surface area contributed by atoms with E-state index >= 15 is 0 Å². The molecule has 0 amide bonds. The van der Waals surface area contributed by atoms with Crippen LogP contribution in [0.25, 0.3) is 0 Å². The van der Waals surface area contributed by atoms with Crippen LogP contribution in [0.2, 0.25) is 0 Å². The number of pyridine rings is 1. The molecule has 5 aromatic rings. The highest BCUT2D eigenvalue weighted by molar-refractivity contribution is 7.95. The number of rotatable bonds is 15. The number of fused-ring (bicyclic) bond motifs is 2. The Morgan fingerprint density at radius 3 is 1.60 bits per heavy atom. The van der Waals surface area contributed by atoms with Crippen molar-refractivity contribution >= 4 is 34.7 Å². The molecule has 2 aromatic heterocycles. The summed E-state index contributed by atoms with van der Waals surface area (Å²) in [6, 6.07) is 36.9. The van der Waals surface area contributed by atoms with Gasteiger partial charge in [0.15, 0.2) is 0 Å². The van der Waals surface area contributed by atoms with Crippen LogP contribution in [0.5, 0.6) is 0 Å². The fourth-order valence-electron chi connectivity index (χ4n) is 6.97. The predicted octanol–water partition coefficient (Wildman–Crippen LogP) is 4.87. The molecular weight excluding hydrogens is 712 g/mol. The van der Waals surface area contributed by atoms with E-state index in [9.17, 15) is 9.59 Å². The first kappa shape index (κ1) is 34.8. The molecule has 3 aromatic carbocycles. The molecule has 0 spiro atoms. The lowest BCUT2D eigenvalue weighted by molar-refractivity contribution is -0.0000231. The lowest BCUT2D eigenvalue weighted by Gasteiger charge is -2.27. The lowest BCUT2D eigenvalue weighted by atomic mass is 9.94. The van der Waals surface area contributed by atoms with E-state index in [1.54, 1.807) is 18.3 Å². The maximum atomic E-state index is 13.2. The zero-order valence-corrected chi connectivity index (χ0v) is 30.2. The summed E-state index contributed by atoms with van der Waals surface area (Å²) in [5.41, 5.74) is 1.29. The van der Waals surface area contributed by atoms with Gasteiger partial charge in [-0.2, -0.15) is 0 Å². The van der Waals surface area contributed by atoms with Crippen molar-refractivity contribution in [3.8, 4) is 0 Å². The monoisotopic (exact) mass is 755 g/mol. The molecule has 242 valence electrons. The Kier molecular flexibility index (Phi) is 12.3. The van der Waals surface area contributed by atoms with Crippen molar-refractivity contribution in [3.05, 3.63) is 138 Å². The minimum Gasteiger partial charge on any atom is -1.00 e. The van der Waals surface area contributed by atoms with Crippen LogP contribution in [0.4, 0.5) is 0 Å². The fraction of sp³-hybridized carbons (Fsp3) is 0.300. The predicted molar refractivity (Wildman–Crippen MR) is 190 cm³/mol. The van der Waals surface area contributed by atoms with Gasteiger partial charge in [-0.25, -0.2) is 4.98 Å². The molecule has 47 heavy (non-hydrogen) atoms. The maximum absolute atomic E-state index is 13.2. The quantitative estimate of drug-likeness (QED) is 0.0854. The molecule has 0 bridgehead atoms. The smallest absolute Gasteiger partial charge is 0.232 e. The van der Waals surface area contributed by atoms with Crippen molar-refractivity contribution in [1.29, 1.82) is 0 Å². The Balaban J connectivity index is 0.00000433. The van der Waals surface area contributed by atoms with Gasteiger partial charge >= 0.3 is 0 Å². The zero-order chi connectivity index (χ0) is 31.8. The van der Waals surface area contributed by atoms with Crippen LogP contribution in [0.15, 0.2) is 109 Å². The van der Waals surface area contributed by atoms with E-state index in [4.69, 9.17) is 0 Å². The van der Waals surface area contributed by atoms with Crippen LogP contribution in [0.3, 0.4) is 0 Å².